The minimum absolute atomic E-state index is 0.0447. The van der Waals surface area contributed by atoms with Crippen molar-refractivity contribution in [1.82, 2.24) is 10.6 Å². The van der Waals surface area contributed by atoms with Crippen LogP contribution in [0.25, 0.3) is 0 Å². The zero-order chi connectivity index (χ0) is 38.1. The number of methoxy groups -OCH3 is 1. The molecule has 1 aromatic rings. The van der Waals surface area contributed by atoms with E-state index in [-0.39, 0.29) is 42.1 Å². The van der Waals surface area contributed by atoms with Gasteiger partial charge in [-0.3, -0.25) is 19.7 Å². The number of halogens is 1. The highest BCUT2D eigenvalue weighted by molar-refractivity contribution is 6.29. The fraction of sp³-hybridized carbons (Fsp3) is 0.405. The molecular weight excluding hydrogens is 682 g/mol. The fourth-order valence-electron chi connectivity index (χ4n) is 4.66. The topological polar surface area (TPSA) is 172 Å². The van der Waals surface area contributed by atoms with Crippen molar-refractivity contribution in [2.24, 2.45) is 11.3 Å². The average molecular weight is 728 g/mol. The van der Waals surface area contributed by atoms with Crippen molar-refractivity contribution in [2.45, 2.75) is 79.1 Å². The number of allylic oxidation sites excluding steroid dienone is 5. The maximum Gasteiger partial charge on any atom is 0.514 e. The number of nitrogens with zero attached hydrogens (tertiary/aromatic N) is 1. The number of nitro groups is 1. The van der Waals surface area contributed by atoms with Crippen molar-refractivity contribution < 1.29 is 43.0 Å². The highest BCUT2D eigenvalue weighted by Crippen LogP contribution is 2.23. The number of nitrogens with one attached hydrogen (secondary N) is 2. The summed E-state index contributed by atoms with van der Waals surface area (Å²) in [7, 11) is 1.42. The molecule has 1 unspecified atom stereocenters. The molecule has 0 radical (unpaired) electrons. The largest absolute Gasteiger partial charge is 0.514 e. The van der Waals surface area contributed by atoms with Crippen LogP contribution in [0.5, 0.6) is 5.75 Å². The molecule has 0 aliphatic carbocycles. The summed E-state index contributed by atoms with van der Waals surface area (Å²) >= 11 is 5.96. The molecule has 0 bridgehead atoms. The predicted octanol–water partition coefficient (Wildman–Crippen LogP) is 7.10. The quantitative estimate of drug-likeness (QED) is 0.0447. The molecule has 1 heterocycles. The van der Waals surface area contributed by atoms with E-state index < -0.39 is 46.4 Å². The molecule has 14 heteroatoms. The number of hydrogen-bond acceptors (Lipinski definition) is 10. The van der Waals surface area contributed by atoms with Crippen molar-refractivity contribution in [2.75, 3.05) is 7.11 Å². The van der Waals surface area contributed by atoms with Gasteiger partial charge in [0, 0.05) is 48.4 Å². The van der Waals surface area contributed by atoms with Gasteiger partial charge in [-0.15, -0.1) is 0 Å². The lowest BCUT2D eigenvalue weighted by Crippen LogP contribution is -2.52. The average Bonchev–Trinajstić information content (AvgIpc) is 3.05. The van der Waals surface area contributed by atoms with E-state index in [1.54, 1.807) is 37.3 Å². The van der Waals surface area contributed by atoms with Crippen LogP contribution in [-0.2, 0) is 28.6 Å². The van der Waals surface area contributed by atoms with Gasteiger partial charge in [-0.05, 0) is 43.7 Å². The van der Waals surface area contributed by atoms with E-state index in [0.717, 1.165) is 5.57 Å². The van der Waals surface area contributed by atoms with Crippen LogP contribution in [0.15, 0.2) is 95.4 Å². The first kappa shape index (κ1) is 42.0. The molecule has 2 N–H and O–H groups in total. The lowest BCUT2D eigenvalue weighted by atomic mass is 9.86. The Kier molecular flexibility index (Phi) is 16.9. The van der Waals surface area contributed by atoms with Crippen molar-refractivity contribution in [3.63, 3.8) is 0 Å². The summed E-state index contributed by atoms with van der Waals surface area (Å²) in [5.41, 5.74) is 0.120. The maximum atomic E-state index is 13.1. The van der Waals surface area contributed by atoms with Crippen LogP contribution in [0.1, 0.15) is 60.8 Å². The van der Waals surface area contributed by atoms with Crippen LogP contribution in [-0.4, -0.2) is 54.2 Å². The number of non-ortho nitro benzene ring substituents is 1. The number of hydrogen-bond donors (Lipinski definition) is 2. The number of ether oxygens (including phenoxy) is 4. The molecule has 51 heavy (non-hydrogen) atoms. The second-order valence-corrected chi connectivity index (χ2v) is 13.4. The van der Waals surface area contributed by atoms with E-state index in [0.29, 0.717) is 11.5 Å². The van der Waals surface area contributed by atoms with Gasteiger partial charge in [0.1, 0.15) is 24.0 Å². The monoisotopic (exact) mass is 727 g/mol. The third kappa shape index (κ3) is 15.5. The molecule has 13 nitrogen and oxygen atoms in total. The van der Waals surface area contributed by atoms with E-state index in [4.69, 9.17) is 30.5 Å². The molecule has 0 spiro atoms. The molecule has 1 aliphatic rings. The van der Waals surface area contributed by atoms with Gasteiger partial charge >= 0.3 is 12.1 Å². The summed E-state index contributed by atoms with van der Waals surface area (Å²) in [6, 6.07) is 4.07. The van der Waals surface area contributed by atoms with Gasteiger partial charge in [0.15, 0.2) is 5.76 Å². The number of cyclic esters (lactones) is 1. The lowest BCUT2D eigenvalue weighted by molar-refractivity contribution is -0.384. The first-order valence-electron chi connectivity index (χ1n) is 16.2. The van der Waals surface area contributed by atoms with Gasteiger partial charge in [-0.2, -0.15) is 0 Å². The van der Waals surface area contributed by atoms with E-state index in [1.165, 1.54) is 43.7 Å². The zero-order valence-electron chi connectivity index (χ0n) is 29.8. The second kappa shape index (κ2) is 20.5. The van der Waals surface area contributed by atoms with Crippen LogP contribution in [0.3, 0.4) is 0 Å². The van der Waals surface area contributed by atoms with Crippen LogP contribution < -0.4 is 15.4 Å². The Morgan fingerprint density at radius 3 is 2.37 bits per heavy atom. The smallest absolute Gasteiger partial charge is 0.490 e. The summed E-state index contributed by atoms with van der Waals surface area (Å²) in [6.07, 6.45) is 13.7. The molecule has 0 saturated carbocycles. The zero-order valence-corrected chi connectivity index (χ0v) is 30.6. The first-order valence-corrected chi connectivity index (χ1v) is 16.6. The van der Waals surface area contributed by atoms with E-state index in [2.05, 4.69) is 10.6 Å². The standard InChI is InChI=1S/C37H46ClN3O10/c1-24(23-25(2)30-20-21-31(48-7)35(44)51-30)11-8-9-13-32(42)40-33(37(4,5)6)34(43)39-22-10-12-28(17-14-26(3)38)49-36(45)50-29-18-15-27(16-19-29)41(46)47/h8-11,13-16,18-19,21-23,25,28,30,33H,12,17,20H2,1-7H3,(H,39,43)(H,40,42)/b11-8-,13-9-,22-10-,24-23+,26-14+/t25-,28?,30-,33+/m0/s1. The van der Waals surface area contributed by atoms with Gasteiger partial charge in [0.25, 0.3) is 5.69 Å². The summed E-state index contributed by atoms with van der Waals surface area (Å²) in [5, 5.41) is 16.7. The number of esters is 1. The first-order chi connectivity index (χ1) is 24.0. The van der Waals surface area contributed by atoms with Gasteiger partial charge in [-0.25, -0.2) is 9.59 Å². The highest BCUT2D eigenvalue weighted by atomic mass is 35.5. The van der Waals surface area contributed by atoms with Crippen molar-refractivity contribution >= 4 is 41.2 Å². The maximum absolute atomic E-state index is 13.1. The van der Waals surface area contributed by atoms with Crippen molar-refractivity contribution in [3.05, 3.63) is 106 Å². The molecule has 276 valence electrons. The van der Waals surface area contributed by atoms with E-state index in [1.807, 2.05) is 46.8 Å². The van der Waals surface area contributed by atoms with E-state index >= 15 is 0 Å². The Balaban J connectivity index is 1.94. The SMILES string of the molecule is COC1=CC[C@@H]([C@@H](C)/C=C(C)/C=C\C=C/C(=O)N[C@H](C(=O)N/C=C\CC(C/C=C(\C)Cl)OC(=O)Oc2ccc([N+](=O)[O-])cc2)C(C)(C)C)OC1=O. The predicted molar refractivity (Wildman–Crippen MR) is 192 cm³/mol. The molecule has 2 amide bonds. The fourth-order valence-corrected chi connectivity index (χ4v) is 4.74. The minimum Gasteiger partial charge on any atom is -0.490 e. The van der Waals surface area contributed by atoms with Gasteiger partial charge in [0.2, 0.25) is 11.8 Å². The van der Waals surface area contributed by atoms with Gasteiger partial charge in [-0.1, -0.05) is 81.3 Å². The summed E-state index contributed by atoms with van der Waals surface area (Å²) in [5.74, 6) is -1.17. The molecule has 0 fully saturated rings. The summed E-state index contributed by atoms with van der Waals surface area (Å²) < 4.78 is 21.0. The molecule has 4 atom stereocenters. The van der Waals surface area contributed by atoms with Crippen molar-refractivity contribution in [1.29, 1.82) is 0 Å². The van der Waals surface area contributed by atoms with Crippen molar-refractivity contribution in [3.8, 4) is 5.75 Å². The number of amides is 2. The second-order valence-electron chi connectivity index (χ2n) is 12.8. The molecule has 2 rings (SSSR count). The molecule has 1 aromatic carbocycles. The Morgan fingerprint density at radius 1 is 1.12 bits per heavy atom. The Morgan fingerprint density at radius 2 is 1.78 bits per heavy atom. The Hall–Kier alpha value is -5.17. The van der Waals surface area contributed by atoms with Crippen LogP contribution in [0.4, 0.5) is 10.5 Å². The molecule has 0 aromatic heterocycles. The van der Waals surface area contributed by atoms with Crippen LogP contribution in [0, 0.1) is 21.4 Å². The molecule has 0 saturated heterocycles. The lowest BCUT2D eigenvalue weighted by Gasteiger charge is -2.29. The third-order valence-corrected chi connectivity index (χ3v) is 7.53. The van der Waals surface area contributed by atoms with Crippen LogP contribution in [0.2, 0.25) is 0 Å². The van der Waals surface area contributed by atoms with Crippen LogP contribution >= 0.6 is 11.6 Å². The van der Waals surface area contributed by atoms with Gasteiger partial charge < -0.3 is 29.6 Å². The molecular formula is C37H46ClN3O10. The number of benzene rings is 1. The number of nitro benzene ring substituents is 1. The number of rotatable bonds is 16. The summed E-state index contributed by atoms with van der Waals surface area (Å²) in [6.45, 7) is 11.0. The minimum atomic E-state index is -1.02. The number of carbonyl (C=O) groups excluding carboxylic acids is 4. The van der Waals surface area contributed by atoms with E-state index in [9.17, 15) is 29.3 Å². The van der Waals surface area contributed by atoms with Gasteiger partial charge in [0.05, 0.1) is 12.0 Å². The summed E-state index contributed by atoms with van der Waals surface area (Å²) in [4.78, 5) is 60.4. The normalized spacial score (nSPS) is 17.4. The molecule has 1 aliphatic heterocycles. The highest BCUT2D eigenvalue weighted by Gasteiger charge is 2.32. The Bertz CT molecular complexity index is 1580. The Labute approximate surface area is 303 Å². The third-order valence-electron chi connectivity index (χ3n) is 7.38. The number of carbonyl (C=O) groups is 4.